The summed E-state index contributed by atoms with van der Waals surface area (Å²) in [7, 11) is 0. The van der Waals surface area contributed by atoms with Gasteiger partial charge in [0.2, 0.25) is 0 Å². The van der Waals surface area contributed by atoms with Gasteiger partial charge in [-0.2, -0.15) is 11.3 Å². The Kier molecular flexibility index (Phi) is 6.91. The van der Waals surface area contributed by atoms with Crippen LogP contribution in [0.25, 0.3) is 0 Å². The minimum atomic E-state index is 0.583. The third-order valence-corrected chi connectivity index (χ3v) is 1.22. The molecule has 2 heteroatoms. The summed E-state index contributed by atoms with van der Waals surface area (Å²) in [5.41, 5.74) is 4.91. The number of nitrogens with two attached hydrogens (primary N) is 1. The first kappa shape index (κ1) is 8.40. The van der Waals surface area contributed by atoms with E-state index in [1.165, 1.54) is 0 Å². The second-order valence-corrected chi connectivity index (χ2v) is 2.13. The zero-order valence-corrected chi connectivity index (χ0v) is 6.10. The Balaban J connectivity index is 0.000000148. The summed E-state index contributed by atoms with van der Waals surface area (Å²) in [4.78, 5) is 0. The maximum atomic E-state index is 4.91. The van der Waals surface area contributed by atoms with Gasteiger partial charge in [-0.05, 0) is 10.8 Å². The van der Waals surface area contributed by atoms with Gasteiger partial charge < -0.3 is 5.73 Å². The van der Waals surface area contributed by atoms with Crippen molar-refractivity contribution in [3.05, 3.63) is 35.5 Å². The predicted octanol–water partition coefficient (Wildman–Crippen LogP) is 1.88. The van der Waals surface area contributed by atoms with Gasteiger partial charge in [0.05, 0.1) is 0 Å². The second-order valence-electron chi connectivity index (χ2n) is 1.32. The van der Waals surface area contributed by atoms with E-state index in [4.69, 9.17) is 5.73 Å². The highest BCUT2D eigenvalue weighted by atomic mass is 32.1. The van der Waals surface area contributed by atoms with Crippen LogP contribution in [0.2, 0.25) is 0 Å². The summed E-state index contributed by atoms with van der Waals surface area (Å²) < 4.78 is 0. The van der Waals surface area contributed by atoms with Crippen LogP contribution in [0, 0.1) is 0 Å². The molecule has 0 bridgehead atoms. The van der Waals surface area contributed by atoms with Gasteiger partial charge in [0.1, 0.15) is 0 Å². The molecule has 0 saturated carbocycles. The van der Waals surface area contributed by atoms with E-state index in [0.717, 1.165) is 0 Å². The van der Waals surface area contributed by atoms with E-state index in [2.05, 4.69) is 6.58 Å². The summed E-state index contributed by atoms with van der Waals surface area (Å²) in [5.74, 6) is 0. The average Bonchev–Trinajstić information content (AvgIpc) is 2.43. The third kappa shape index (κ3) is 7.40. The fourth-order valence-corrected chi connectivity index (χ4v) is 0.680. The molecule has 50 valence electrons. The Morgan fingerprint density at radius 3 is 2.00 bits per heavy atom. The number of hydrogen-bond acceptors (Lipinski definition) is 2. The van der Waals surface area contributed by atoms with Crippen LogP contribution < -0.4 is 5.73 Å². The van der Waals surface area contributed by atoms with Crippen molar-refractivity contribution < 1.29 is 0 Å². The van der Waals surface area contributed by atoms with Crippen molar-refractivity contribution in [3.8, 4) is 0 Å². The van der Waals surface area contributed by atoms with Crippen LogP contribution in [0.3, 0.4) is 0 Å². The summed E-state index contributed by atoms with van der Waals surface area (Å²) in [6.45, 7) is 3.94. The SMILES string of the molecule is C=CCN.c1ccsc1. The monoisotopic (exact) mass is 141 g/mol. The summed E-state index contributed by atoms with van der Waals surface area (Å²) in [6, 6.07) is 4.04. The van der Waals surface area contributed by atoms with E-state index >= 15 is 0 Å². The Morgan fingerprint density at radius 1 is 1.44 bits per heavy atom. The normalized spacial score (nSPS) is 7.22. The Hall–Kier alpha value is -0.600. The predicted molar refractivity (Wildman–Crippen MR) is 43.6 cm³/mol. The molecule has 0 saturated heterocycles. The second kappa shape index (κ2) is 7.40. The van der Waals surface area contributed by atoms with Crippen molar-refractivity contribution in [1.29, 1.82) is 0 Å². The van der Waals surface area contributed by atoms with Crippen molar-refractivity contribution in [1.82, 2.24) is 0 Å². The highest BCUT2D eigenvalue weighted by molar-refractivity contribution is 7.07. The van der Waals surface area contributed by atoms with Gasteiger partial charge in [-0.1, -0.05) is 18.2 Å². The molecule has 0 spiro atoms. The highest BCUT2D eigenvalue weighted by Crippen LogP contribution is 1.91. The van der Waals surface area contributed by atoms with Gasteiger partial charge in [-0.15, -0.1) is 6.58 Å². The molecule has 0 unspecified atom stereocenters. The first-order valence-corrected chi connectivity index (χ1v) is 3.64. The van der Waals surface area contributed by atoms with Crippen molar-refractivity contribution in [2.24, 2.45) is 5.73 Å². The lowest BCUT2D eigenvalue weighted by Gasteiger charge is -1.61. The largest absolute Gasteiger partial charge is 0.327 e. The molecule has 1 heterocycles. The van der Waals surface area contributed by atoms with Crippen molar-refractivity contribution >= 4 is 11.3 Å². The average molecular weight is 141 g/mol. The Labute approximate surface area is 59.8 Å². The van der Waals surface area contributed by atoms with Crippen LogP contribution in [0.5, 0.6) is 0 Å². The lowest BCUT2D eigenvalue weighted by molar-refractivity contribution is 1.26. The molecular weight excluding hydrogens is 130 g/mol. The van der Waals surface area contributed by atoms with Gasteiger partial charge >= 0.3 is 0 Å². The summed E-state index contributed by atoms with van der Waals surface area (Å²) in [6.07, 6.45) is 1.65. The molecule has 0 aliphatic heterocycles. The van der Waals surface area contributed by atoms with E-state index in [1.807, 2.05) is 22.9 Å². The zero-order valence-electron chi connectivity index (χ0n) is 5.29. The molecule has 0 aliphatic rings. The van der Waals surface area contributed by atoms with Crippen LogP contribution in [0.15, 0.2) is 35.5 Å². The number of thiophene rings is 1. The molecule has 0 amide bonds. The van der Waals surface area contributed by atoms with Crippen molar-refractivity contribution in [3.63, 3.8) is 0 Å². The summed E-state index contributed by atoms with van der Waals surface area (Å²) >= 11 is 1.71. The first-order chi connectivity index (χ1) is 4.41. The molecule has 0 radical (unpaired) electrons. The van der Waals surface area contributed by atoms with Crippen LogP contribution in [0.1, 0.15) is 0 Å². The van der Waals surface area contributed by atoms with Crippen molar-refractivity contribution in [2.45, 2.75) is 0 Å². The fraction of sp³-hybridized carbons (Fsp3) is 0.143. The molecule has 0 aromatic carbocycles. The molecule has 2 N–H and O–H groups in total. The maximum absolute atomic E-state index is 4.91. The number of hydrogen-bond donors (Lipinski definition) is 1. The molecule has 1 nitrogen and oxygen atoms in total. The molecule has 1 aromatic rings. The van der Waals surface area contributed by atoms with E-state index in [-0.39, 0.29) is 0 Å². The standard InChI is InChI=1S/C4H4S.C3H7N/c1-2-4-5-3-1;1-2-3-4/h1-4H;2H,1,3-4H2. The molecule has 9 heavy (non-hydrogen) atoms. The topological polar surface area (TPSA) is 26.0 Å². The van der Waals surface area contributed by atoms with E-state index < -0.39 is 0 Å². The van der Waals surface area contributed by atoms with E-state index in [0.29, 0.717) is 6.54 Å². The van der Waals surface area contributed by atoms with Gasteiger partial charge in [-0.25, -0.2) is 0 Å². The van der Waals surface area contributed by atoms with Gasteiger partial charge in [-0.3, -0.25) is 0 Å². The molecule has 0 fully saturated rings. The quantitative estimate of drug-likeness (QED) is 0.594. The zero-order chi connectivity index (χ0) is 6.95. The molecule has 1 rings (SSSR count). The minimum Gasteiger partial charge on any atom is -0.327 e. The Morgan fingerprint density at radius 2 is 1.89 bits per heavy atom. The molecule has 1 aromatic heterocycles. The lowest BCUT2D eigenvalue weighted by atomic mass is 10.7. The van der Waals surface area contributed by atoms with Gasteiger partial charge in [0, 0.05) is 6.54 Å². The third-order valence-electron chi connectivity index (χ3n) is 0.592. The molecule has 0 atom stereocenters. The minimum absolute atomic E-state index is 0.583. The van der Waals surface area contributed by atoms with E-state index in [9.17, 15) is 0 Å². The maximum Gasteiger partial charge on any atom is 0.0104 e. The van der Waals surface area contributed by atoms with E-state index in [1.54, 1.807) is 17.4 Å². The molecule has 0 aliphatic carbocycles. The fourth-order valence-electron chi connectivity index (χ4n) is 0.227. The van der Waals surface area contributed by atoms with Crippen LogP contribution in [-0.2, 0) is 0 Å². The van der Waals surface area contributed by atoms with Gasteiger partial charge in [0.25, 0.3) is 0 Å². The first-order valence-electron chi connectivity index (χ1n) is 2.70. The van der Waals surface area contributed by atoms with Crippen LogP contribution in [0.4, 0.5) is 0 Å². The van der Waals surface area contributed by atoms with Gasteiger partial charge in [0.15, 0.2) is 0 Å². The Bertz CT molecular complexity index is 106. The summed E-state index contributed by atoms with van der Waals surface area (Å²) in [5, 5.41) is 4.08. The van der Waals surface area contributed by atoms with Crippen LogP contribution >= 0.6 is 11.3 Å². The van der Waals surface area contributed by atoms with Crippen molar-refractivity contribution in [2.75, 3.05) is 6.54 Å². The highest BCUT2D eigenvalue weighted by Gasteiger charge is 1.58. The smallest absolute Gasteiger partial charge is 0.0104 e. The van der Waals surface area contributed by atoms with Crippen LogP contribution in [-0.4, -0.2) is 6.54 Å². The lowest BCUT2D eigenvalue weighted by Crippen LogP contribution is -1.90. The number of rotatable bonds is 1. The molecular formula is C7H11NS.